The van der Waals surface area contributed by atoms with Crippen LogP contribution in [0.1, 0.15) is 78.6 Å². The molecule has 0 aromatic carbocycles. The van der Waals surface area contributed by atoms with Crippen LogP contribution >= 0.6 is 0 Å². The van der Waals surface area contributed by atoms with Crippen LogP contribution in [0.25, 0.3) is 0 Å². The van der Waals surface area contributed by atoms with Crippen LogP contribution in [0, 0.1) is 29.6 Å². The van der Waals surface area contributed by atoms with Gasteiger partial charge in [-0.15, -0.1) is 0 Å². The highest BCUT2D eigenvalue weighted by molar-refractivity contribution is 7.82. The van der Waals surface area contributed by atoms with Crippen molar-refractivity contribution in [2.75, 3.05) is 27.4 Å². The van der Waals surface area contributed by atoms with Gasteiger partial charge in [0.1, 0.15) is 0 Å². The number of hydrogen-bond donors (Lipinski definition) is 0. The molecule has 0 bridgehead atoms. The van der Waals surface area contributed by atoms with Crippen molar-refractivity contribution in [1.82, 2.24) is 0 Å². The molecule has 0 aliphatic heterocycles. The average molecular weight is 487 g/mol. The minimum Gasteiger partial charge on any atom is -0.252 e. The summed E-state index contributed by atoms with van der Waals surface area (Å²) < 4.78 is 64.8. The Morgan fingerprint density at radius 3 is 1.87 bits per heavy atom. The third-order valence-electron chi connectivity index (χ3n) is 6.30. The van der Waals surface area contributed by atoms with E-state index in [-0.39, 0.29) is 25.0 Å². The summed E-state index contributed by atoms with van der Waals surface area (Å²) in [7, 11) is -5.97. The third-order valence-corrected chi connectivity index (χ3v) is 7.96. The van der Waals surface area contributed by atoms with Gasteiger partial charge in [-0.1, -0.05) is 65.7 Å². The average Bonchev–Trinajstić information content (AvgIpc) is 2.71. The van der Waals surface area contributed by atoms with E-state index in [1.54, 1.807) is 0 Å². The molecule has 1 aliphatic rings. The fraction of sp³-hybridized carbons (Fsp3) is 1.00. The van der Waals surface area contributed by atoms with Gasteiger partial charge >= 0.3 is 20.8 Å². The van der Waals surface area contributed by atoms with Crippen molar-refractivity contribution < 1.29 is 33.6 Å². The van der Waals surface area contributed by atoms with Crippen LogP contribution in [0.5, 0.6) is 0 Å². The van der Waals surface area contributed by atoms with Crippen LogP contribution in [-0.2, 0) is 37.5 Å². The summed E-state index contributed by atoms with van der Waals surface area (Å²) in [5.74, 6) is 1.69. The Balaban J connectivity index is 2.54. The minimum absolute atomic E-state index is 0.0423. The lowest BCUT2D eigenvalue weighted by atomic mass is 9.73. The maximum atomic E-state index is 11.6. The molecule has 0 amide bonds. The van der Waals surface area contributed by atoms with Gasteiger partial charge in [0.05, 0.1) is 27.4 Å². The van der Waals surface area contributed by atoms with Gasteiger partial charge < -0.3 is 0 Å². The molecular formula is C21H42O8S2. The zero-order valence-electron chi connectivity index (χ0n) is 19.7. The first-order valence-electron chi connectivity index (χ1n) is 11.4. The van der Waals surface area contributed by atoms with Crippen LogP contribution < -0.4 is 0 Å². The second-order valence-electron chi connectivity index (χ2n) is 9.28. The quantitative estimate of drug-likeness (QED) is 0.315. The predicted octanol–water partition coefficient (Wildman–Crippen LogP) is 4.47. The molecule has 1 saturated carbocycles. The largest absolute Gasteiger partial charge is 0.399 e. The fourth-order valence-electron chi connectivity index (χ4n) is 4.32. The molecule has 0 aromatic rings. The van der Waals surface area contributed by atoms with E-state index in [4.69, 9.17) is 8.37 Å². The van der Waals surface area contributed by atoms with Crippen molar-refractivity contribution in [3.05, 3.63) is 0 Å². The molecule has 0 N–H and O–H groups in total. The molecule has 0 radical (unpaired) electrons. The first kappa shape index (κ1) is 28.8. The van der Waals surface area contributed by atoms with Gasteiger partial charge in [-0.25, -0.2) is 8.37 Å². The highest BCUT2D eigenvalue weighted by Gasteiger charge is 2.33. The standard InChI is InChI=1S/C21H42O8S2/c1-17(2)8-6-9-18(3)10-7-11-19-12-13-20(15-28-30(22,23)26-4)21(14-19)16-29-31(24,25)27-5/h17-21H,6-16H2,1-5H3. The summed E-state index contributed by atoms with van der Waals surface area (Å²) >= 11 is 0. The maximum absolute atomic E-state index is 11.6. The van der Waals surface area contributed by atoms with Gasteiger partial charge in [0.2, 0.25) is 0 Å². The molecule has 1 fully saturated rings. The Kier molecular flexibility index (Phi) is 13.1. The van der Waals surface area contributed by atoms with E-state index in [9.17, 15) is 16.8 Å². The summed E-state index contributed by atoms with van der Waals surface area (Å²) in [6.07, 6.45) is 9.77. The van der Waals surface area contributed by atoms with Gasteiger partial charge in [0, 0.05) is 0 Å². The molecule has 0 heterocycles. The molecule has 31 heavy (non-hydrogen) atoms. The number of hydrogen-bond acceptors (Lipinski definition) is 8. The lowest BCUT2D eigenvalue weighted by Crippen LogP contribution is -2.33. The molecule has 0 spiro atoms. The molecule has 10 heteroatoms. The van der Waals surface area contributed by atoms with Gasteiger partial charge in [-0.2, -0.15) is 16.8 Å². The van der Waals surface area contributed by atoms with Crippen LogP contribution in [0.3, 0.4) is 0 Å². The highest BCUT2D eigenvalue weighted by atomic mass is 32.3. The topological polar surface area (TPSA) is 105 Å². The van der Waals surface area contributed by atoms with Crippen molar-refractivity contribution in [2.24, 2.45) is 29.6 Å². The molecule has 0 aromatic heterocycles. The normalized spacial score (nSPS) is 23.9. The Morgan fingerprint density at radius 2 is 1.32 bits per heavy atom. The maximum Gasteiger partial charge on any atom is 0.399 e. The Morgan fingerprint density at radius 1 is 0.774 bits per heavy atom. The fourth-order valence-corrected chi connectivity index (χ4v) is 5.20. The van der Waals surface area contributed by atoms with Crippen molar-refractivity contribution in [2.45, 2.75) is 78.6 Å². The van der Waals surface area contributed by atoms with Crippen molar-refractivity contribution in [3.8, 4) is 0 Å². The second kappa shape index (κ2) is 14.1. The van der Waals surface area contributed by atoms with Gasteiger partial charge in [0.15, 0.2) is 0 Å². The molecule has 1 rings (SSSR count). The van der Waals surface area contributed by atoms with Crippen molar-refractivity contribution in [3.63, 3.8) is 0 Å². The van der Waals surface area contributed by atoms with Crippen LogP contribution in [0.4, 0.5) is 0 Å². The van der Waals surface area contributed by atoms with E-state index in [0.29, 0.717) is 11.8 Å². The van der Waals surface area contributed by atoms with E-state index in [1.165, 1.54) is 25.7 Å². The zero-order valence-corrected chi connectivity index (χ0v) is 21.4. The molecule has 1 aliphatic carbocycles. The Hall–Kier alpha value is -0.260. The van der Waals surface area contributed by atoms with E-state index < -0.39 is 20.8 Å². The summed E-state index contributed by atoms with van der Waals surface area (Å²) in [4.78, 5) is 0. The number of rotatable bonds is 16. The van der Waals surface area contributed by atoms with Gasteiger partial charge in [0.25, 0.3) is 0 Å². The lowest BCUT2D eigenvalue weighted by Gasteiger charge is -2.35. The molecule has 0 saturated heterocycles. The van der Waals surface area contributed by atoms with E-state index in [0.717, 1.165) is 52.2 Å². The van der Waals surface area contributed by atoms with Crippen molar-refractivity contribution >= 4 is 20.8 Å². The summed E-state index contributed by atoms with van der Waals surface area (Å²) in [5.41, 5.74) is 0. The predicted molar refractivity (Wildman–Crippen MR) is 120 cm³/mol. The first-order chi connectivity index (χ1) is 14.5. The molecule has 8 nitrogen and oxygen atoms in total. The lowest BCUT2D eigenvalue weighted by molar-refractivity contribution is 0.0700. The van der Waals surface area contributed by atoms with Crippen LogP contribution in [0.2, 0.25) is 0 Å². The van der Waals surface area contributed by atoms with Gasteiger partial charge in [-0.3, -0.25) is 8.37 Å². The Bertz CT molecular complexity index is 690. The summed E-state index contributed by atoms with van der Waals surface area (Å²) in [5, 5.41) is 0. The molecule has 186 valence electrons. The first-order valence-corrected chi connectivity index (χ1v) is 14.0. The Labute approximate surface area is 190 Å². The van der Waals surface area contributed by atoms with Crippen molar-refractivity contribution in [1.29, 1.82) is 0 Å². The third kappa shape index (κ3) is 12.5. The van der Waals surface area contributed by atoms with Gasteiger partial charge in [-0.05, 0) is 42.4 Å². The summed E-state index contributed by atoms with van der Waals surface area (Å²) in [6.45, 7) is 6.75. The molecule has 4 atom stereocenters. The molecular weight excluding hydrogens is 444 g/mol. The van der Waals surface area contributed by atoms with E-state index in [2.05, 4.69) is 29.1 Å². The smallest absolute Gasteiger partial charge is 0.252 e. The van der Waals surface area contributed by atoms with E-state index >= 15 is 0 Å². The summed E-state index contributed by atoms with van der Waals surface area (Å²) in [6, 6.07) is 0. The zero-order chi connectivity index (χ0) is 23.5. The SMILES string of the molecule is COS(=O)(=O)OCC1CCC(CCCC(C)CCCC(C)C)CC1COS(=O)(=O)OC. The van der Waals surface area contributed by atoms with E-state index in [1.807, 2.05) is 0 Å². The monoisotopic (exact) mass is 486 g/mol. The van der Waals surface area contributed by atoms with Crippen LogP contribution in [-0.4, -0.2) is 44.3 Å². The second-order valence-corrected chi connectivity index (χ2v) is 12.0. The highest BCUT2D eigenvalue weighted by Crippen LogP contribution is 2.37. The van der Waals surface area contributed by atoms with Crippen LogP contribution in [0.15, 0.2) is 0 Å². The minimum atomic E-state index is -4.03. The molecule has 4 unspecified atom stereocenters.